The van der Waals surface area contributed by atoms with E-state index in [4.69, 9.17) is 9.84 Å². The number of nitrogens with one attached hydrogen (secondary N) is 2. The van der Waals surface area contributed by atoms with E-state index in [0.717, 1.165) is 0 Å². The number of carbonyl (C=O) groups excluding carboxylic acids is 1. The molecular formula is C13H18N2O4. The number of benzene rings is 1. The van der Waals surface area contributed by atoms with E-state index in [1.165, 1.54) is 24.3 Å². The van der Waals surface area contributed by atoms with Crippen LogP contribution in [0.25, 0.3) is 0 Å². The minimum atomic E-state index is -1.00. The van der Waals surface area contributed by atoms with Crippen molar-refractivity contribution in [2.45, 2.75) is 19.4 Å². The Balaban J connectivity index is 2.59. The van der Waals surface area contributed by atoms with Gasteiger partial charge in [-0.15, -0.1) is 0 Å². The fourth-order valence-corrected chi connectivity index (χ4v) is 1.56. The van der Waals surface area contributed by atoms with E-state index in [9.17, 15) is 9.59 Å². The van der Waals surface area contributed by atoms with Gasteiger partial charge in [-0.2, -0.15) is 0 Å². The molecule has 104 valence electrons. The number of carbonyl (C=O) groups is 2. The zero-order chi connectivity index (χ0) is 14.5. The van der Waals surface area contributed by atoms with Gasteiger partial charge in [-0.05, 0) is 38.1 Å². The van der Waals surface area contributed by atoms with Crippen LogP contribution in [0.5, 0.6) is 0 Å². The summed E-state index contributed by atoms with van der Waals surface area (Å²) in [5.41, 5.74) is 0.209. The number of anilines is 1. The normalized spacial score (nSPS) is 10.9. The Kier molecular flexibility index (Phi) is 4.88. The van der Waals surface area contributed by atoms with Gasteiger partial charge in [0.1, 0.15) is 0 Å². The Morgan fingerprint density at radius 3 is 2.32 bits per heavy atom. The molecule has 0 saturated heterocycles. The van der Waals surface area contributed by atoms with Crippen LogP contribution in [0.4, 0.5) is 10.5 Å². The molecule has 19 heavy (non-hydrogen) atoms. The van der Waals surface area contributed by atoms with E-state index >= 15 is 0 Å². The van der Waals surface area contributed by atoms with Crippen molar-refractivity contribution in [3.05, 3.63) is 29.8 Å². The summed E-state index contributed by atoms with van der Waals surface area (Å²) >= 11 is 0. The smallest absolute Gasteiger partial charge is 0.335 e. The maximum atomic E-state index is 11.7. The molecule has 0 saturated carbocycles. The summed E-state index contributed by atoms with van der Waals surface area (Å²) in [4.78, 5) is 22.4. The van der Waals surface area contributed by atoms with Crippen molar-refractivity contribution in [2.75, 3.05) is 19.0 Å². The monoisotopic (exact) mass is 266 g/mol. The first-order valence-corrected chi connectivity index (χ1v) is 5.75. The van der Waals surface area contributed by atoms with Crippen molar-refractivity contribution < 1.29 is 19.4 Å². The largest absolute Gasteiger partial charge is 0.478 e. The Hall–Kier alpha value is -2.08. The summed E-state index contributed by atoms with van der Waals surface area (Å²) in [5.74, 6) is -1.00. The molecular weight excluding hydrogens is 248 g/mol. The number of methoxy groups -OCH3 is 1. The molecule has 0 spiro atoms. The molecule has 0 bridgehead atoms. The van der Waals surface area contributed by atoms with Crippen LogP contribution in [0.3, 0.4) is 0 Å². The quantitative estimate of drug-likeness (QED) is 0.760. The van der Waals surface area contributed by atoms with Gasteiger partial charge in [0.25, 0.3) is 0 Å². The van der Waals surface area contributed by atoms with E-state index in [1.54, 1.807) is 7.11 Å². The average molecular weight is 266 g/mol. The fraction of sp³-hybridized carbons (Fsp3) is 0.385. The van der Waals surface area contributed by atoms with Gasteiger partial charge in [-0.25, -0.2) is 9.59 Å². The second kappa shape index (κ2) is 6.19. The Bertz CT molecular complexity index is 454. The molecule has 2 amide bonds. The highest BCUT2D eigenvalue weighted by Gasteiger charge is 2.20. The summed E-state index contributed by atoms with van der Waals surface area (Å²) in [6.07, 6.45) is 0. The molecule has 0 aliphatic heterocycles. The maximum absolute atomic E-state index is 11.7. The highest BCUT2D eigenvalue weighted by atomic mass is 16.5. The lowest BCUT2D eigenvalue weighted by Gasteiger charge is -2.25. The molecule has 0 fully saturated rings. The molecule has 0 aliphatic carbocycles. The van der Waals surface area contributed by atoms with E-state index in [2.05, 4.69) is 10.6 Å². The van der Waals surface area contributed by atoms with Crippen LogP contribution in [0.15, 0.2) is 24.3 Å². The molecule has 1 rings (SSSR count). The minimum Gasteiger partial charge on any atom is -0.478 e. The average Bonchev–Trinajstić information content (AvgIpc) is 2.28. The van der Waals surface area contributed by atoms with Crippen LogP contribution in [-0.4, -0.2) is 36.4 Å². The van der Waals surface area contributed by atoms with E-state index in [-0.39, 0.29) is 11.6 Å². The zero-order valence-corrected chi connectivity index (χ0v) is 11.2. The zero-order valence-electron chi connectivity index (χ0n) is 11.2. The number of hydrogen-bond donors (Lipinski definition) is 3. The number of rotatable bonds is 5. The second-order valence-corrected chi connectivity index (χ2v) is 4.78. The van der Waals surface area contributed by atoms with Gasteiger partial charge in [0.05, 0.1) is 17.7 Å². The van der Waals surface area contributed by atoms with Gasteiger partial charge in [-0.3, -0.25) is 0 Å². The predicted octanol–water partition coefficient (Wildman–Crippen LogP) is 1.93. The predicted molar refractivity (Wildman–Crippen MR) is 71.5 cm³/mol. The number of ether oxygens (including phenoxy) is 1. The molecule has 0 aromatic heterocycles. The Morgan fingerprint density at radius 1 is 1.26 bits per heavy atom. The standard InChI is InChI=1S/C13H18N2O4/c1-13(2,8-19-3)15-12(18)14-10-6-4-9(5-7-10)11(16)17/h4-7H,8H2,1-3H3,(H,16,17)(H2,14,15,18). The van der Waals surface area contributed by atoms with Gasteiger partial charge in [-0.1, -0.05) is 0 Å². The van der Waals surface area contributed by atoms with Crippen LogP contribution >= 0.6 is 0 Å². The Labute approximate surface area is 111 Å². The maximum Gasteiger partial charge on any atom is 0.335 e. The third-order valence-corrected chi connectivity index (χ3v) is 2.35. The van der Waals surface area contributed by atoms with Gasteiger partial charge >= 0.3 is 12.0 Å². The SMILES string of the molecule is COCC(C)(C)NC(=O)Nc1ccc(C(=O)O)cc1. The van der Waals surface area contributed by atoms with E-state index < -0.39 is 11.5 Å². The van der Waals surface area contributed by atoms with Gasteiger partial charge in [0.2, 0.25) is 0 Å². The van der Waals surface area contributed by atoms with Crippen molar-refractivity contribution >= 4 is 17.7 Å². The fourth-order valence-electron chi connectivity index (χ4n) is 1.56. The van der Waals surface area contributed by atoms with E-state index in [0.29, 0.717) is 12.3 Å². The lowest BCUT2D eigenvalue weighted by Crippen LogP contribution is -2.48. The van der Waals surface area contributed by atoms with Crippen molar-refractivity contribution in [1.29, 1.82) is 0 Å². The number of carboxylic acids is 1. The number of carboxylic acid groups (broad SMARTS) is 1. The topological polar surface area (TPSA) is 87.7 Å². The minimum absolute atomic E-state index is 0.172. The van der Waals surface area contributed by atoms with Gasteiger partial charge in [0.15, 0.2) is 0 Å². The highest BCUT2D eigenvalue weighted by molar-refractivity contribution is 5.91. The van der Waals surface area contributed by atoms with Crippen molar-refractivity contribution in [1.82, 2.24) is 5.32 Å². The third kappa shape index (κ3) is 4.97. The number of hydrogen-bond acceptors (Lipinski definition) is 3. The molecule has 0 atom stereocenters. The summed E-state index contributed by atoms with van der Waals surface area (Å²) in [6.45, 7) is 4.06. The Morgan fingerprint density at radius 2 is 1.84 bits per heavy atom. The van der Waals surface area contributed by atoms with Crippen LogP contribution in [0, 0.1) is 0 Å². The van der Waals surface area contributed by atoms with Crippen molar-refractivity contribution in [3.63, 3.8) is 0 Å². The molecule has 0 heterocycles. The van der Waals surface area contributed by atoms with Crippen molar-refractivity contribution in [2.24, 2.45) is 0 Å². The molecule has 6 heteroatoms. The first-order chi connectivity index (χ1) is 8.84. The molecule has 1 aromatic rings. The lowest BCUT2D eigenvalue weighted by atomic mass is 10.1. The molecule has 0 unspecified atom stereocenters. The lowest BCUT2D eigenvalue weighted by molar-refractivity contribution is 0.0697. The van der Waals surface area contributed by atoms with Gasteiger partial charge in [0, 0.05) is 12.8 Å². The summed E-state index contributed by atoms with van der Waals surface area (Å²) in [7, 11) is 1.56. The number of urea groups is 1. The molecule has 3 N–H and O–H groups in total. The van der Waals surface area contributed by atoms with Gasteiger partial charge < -0.3 is 20.5 Å². The van der Waals surface area contributed by atoms with Crippen LogP contribution in [-0.2, 0) is 4.74 Å². The summed E-state index contributed by atoms with van der Waals surface area (Å²) in [5, 5.41) is 14.1. The summed E-state index contributed by atoms with van der Waals surface area (Å²) in [6, 6.07) is 5.56. The number of amides is 2. The first kappa shape index (κ1) is 15.0. The highest BCUT2D eigenvalue weighted by Crippen LogP contribution is 2.10. The summed E-state index contributed by atoms with van der Waals surface area (Å²) < 4.78 is 4.99. The van der Waals surface area contributed by atoms with Crippen LogP contribution in [0.2, 0.25) is 0 Å². The third-order valence-electron chi connectivity index (χ3n) is 2.35. The van der Waals surface area contributed by atoms with E-state index in [1.807, 2.05) is 13.8 Å². The van der Waals surface area contributed by atoms with Crippen molar-refractivity contribution in [3.8, 4) is 0 Å². The molecule has 0 radical (unpaired) electrons. The second-order valence-electron chi connectivity index (χ2n) is 4.78. The number of aromatic carboxylic acids is 1. The van der Waals surface area contributed by atoms with Crippen LogP contribution < -0.4 is 10.6 Å². The van der Waals surface area contributed by atoms with Crippen LogP contribution in [0.1, 0.15) is 24.2 Å². The molecule has 0 aliphatic rings. The molecule has 6 nitrogen and oxygen atoms in total. The first-order valence-electron chi connectivity index (χ1n) is 5.75. The molecule has 1 aromatic carbocycles.